The summed E-state index contributed by atoms with van der Waals surface area (Å²) in [4.78, 5) is 9.43. The van der Waals surface area contributed by atoms with E-state index in [1.807, 2.05) is 79.0 Å². The first-order chi connectivity index (χ1) is 25.6. The number of hydrogen-bond donors (Lipinski definition) is 0. The maximum atomic E-state index is 14.3. The van der Waals surface area contributed by atoms with Gasteiger partial charge in [0.1, 0.15) is 11.4 Å². The Hall–Kier alpha value is -5.00. The summed E-state index contributed by atoms with van der Waals surface area (Å²) in [6, 6.07) is 45.7. The molecule has 3 aromatic heterocycles. The number of rotatable bonds is 7. The summed E-state index contributed by atoms with van der Waals surface area (Å²) < 4.78 is 20.6. The van der Waals surface area contributed by atoms with Crippen LogP contribution in [0.15, 0.2) is 138 Å². The van der Waals surface area contributed by atoms with Crippen molar-refractivity contribution in [2.75, 3.05) is 0 Å². The number of benzene rings is 5. The molecule has 0 atom stereocenters. The van der Waals surface area contributed by atoms with Crippen molar-refractivity contribution in [3.63, 3.8) is 0 Å². The standard InChI is InChI=1S/C30H19FNO.C18H24NSi.Ir/c1-19-16-28(32-18-26(19)20-8-3-2-4-9-20)25-12-7-11-24-23-15-14-21(17-29(23)33-30(24)25)22-10-5-6-13-27(22)31;1-14(2)11-16-12-17(15-9-7-6-8-10-15)19-13-18(16)20(3,4)5;/h2-11,13-18H,1H3;6-9,12-14H,11H2,1-5H3;/q2*-1;. The van der Waals surface area contributed by atoms with E-state index in [0.29, 0.717) is 17.1 Å². The smallest absolute Gasteiger partial charge is 0.131 e. The van der Waals surface area contributed by atoms with Gasteiger partial charge in [-0.25, -0.2) is 4.39 Å². The first-order valence-electron chi connectivity index (χ1n) is 18.2. The average Bonchev–Trinajstić information content (AvgIpc) is 3.53. The molecular formula is C48H43FIrN2OSi-2. The van der Waals surface area contributed by atoms with Gasteiger partial charge in [0, 0.05) is 49.0 Å². The van der Waals surface area contributed by atoms with Crippen molar-refractivity contribution in [3.8, 4) is 44.8 Å². The predicted molar refractivity (Wildman–Crippen MR) is 221 cm³/mol. The second-order valence-electron chi connectivity index (χ2n) is 15.0. The molecule has 3 heterocycles. The van der Waals surface area contributed by atoms with E-state index in [1.165, 1.54) is 16.8 Å². The minimum atomic E-state index is -1.34. The van der Waals surface area contributed by atoms with Crippen molar-refractivity contribution in [1.82, 2.24) is 9.97 Å². The summed E-state index contributed by atoms with van der Waals surface area (Å²) in [6.45, 7) is 13.8. The molecule has 0 aliphatic carbocycles. The second kappa shape index (κ2) is 16.6. The van der Waals surface area contributed by atoms with Crippen molar-refractivity contribution in [1.29, 1.82) is 0 Å². The van der Waals surface area contributed by atoms with Crippen LogP contribution < -0.4 is 5.19 Å². The van der Waals surface area contributed by atoms with E-state index in [1.54, 1.807) is 12.1 Å². The number of aromatic nitrogens is 2. The summed E-state index contributed by atoms with van der Waals surface area (Å²) in [5, 5.41) is 3.47. The molecule has 1 radical (unpaired) electrons. The van der Waals surface area contributed by atoms with Gasteiger partial charge in [-0.1, -0.05) is 123 Å². The Kier molecular flexibility index (Phi) is 11.9. The van der Waals surface area contributed by atoms with Crippen molar-refractivity contribution in [2.24, 2.45) is 5.92 Å². The molecule has 0 aliphatic heterocycles. The summed E-state index contributed by atoms with van der Waals surface area (Å²) in [5.41, 5.74) is 11.4. The van der Waals surface area contributed by atoms with Crippen LogP contribution in [-0.4, -0.2) is 18.0 Å². The minimum Gasteiger partial charge on any atom is -0.501 e. The fourth-order valence-electron chi connectivity index (χ4n) is 6.89. The maximum absolute atomic E-state index is 14.3. The van der Waals surface area contributed by atoms with E-state index < -0.39 is 8.07 Å². The van der Waals surface area contributed by atoms with E-state index in [0.717, 1.165) is 67.5 Å². The maximum Gasteiger partial charge on any atom is 0.131 e. The summed E-state index contributed by atoms with van der Waals surface area (Å²) in [6.07, 6.45) is 5.15. The number of furan rings is 1. The summed E-state index contributed by atoms with van der Waals surface area (Å²) in [5.74, 6) is 0.417. The molecule has 0 spiro atoms. The number of halogens is 1. The van der Waals surface area contributed by atoms with Gasteiger partial charge in [-0.3, -0.25) is 0 Å². The van der Waals surface area contributed by atoms with Gasteiger partial charge in [0.05, 0.1) is 13.7 Å². The van der Waals surface area contributed by atoms with E-state index in [9.17, 15) is 4.39 Å². The zero-order valence-electron chi connectivity index (χ0n) is 31.5. The number of aryl methyl sites for hydroxylation is 1. The predicted octanol–water partition coefficient (Wildman–Crippen LogP) is 12.5. The van der Waals surface area contributed by atoms with Crippen molar-refractivity contribution < 1.29 is 28.9 Å². The molecule has 0 bridgehead atoms. The molecule has 0 saturated carbocycles. The molecule has 273 valence electrons. The molecule has 0 unspecified atom stereocenters. The van der Waals surface area contributed by atoms with E-state index >= 15 is 0 Å². The third kappa shape index (κ3) is 8.37. The zero-order chi connectivity index (χ0) is 37.1. The van der Waals surface area contributed by atoms with Crippen LogP contribution in [0.5, 0.6) is 0 Å². The van der Waals surface area contributed by atoms with E-state index in [4.69, 9.17) is 9.40 Å². The molecule has 8 aromatic rings. The van der Waals surface area contributed by atoms with Crippen LogP contribution in [0.3, 0.4) is 0 Å². The van der Waals surface area contributed by atoms with Crippen LogP contribution in [0, 0.1) is 30.8 Å². The van der Waals surface area contributed by atoms with Gasteiger partial charge in [0.2, 0.25) is 0 Å². The molecule has 6 heteroatoms. The Labute approximate surface area is 332 Å². The summed E-state index contributed by atoms with van der Waals surface area (Å²) in [7, 11) is -1.34. The zero-order valence-corrected chi connectivity index (χ0v) is 34.9. The van der Waals surface area contributed by atoms with Crippen LogP contribution in [0.1, 0.15) is 25.0 Å². The molecule has 0 amide bonds. The molecule has 3 nitrogen and oxygen atoms in total. The first-order valence-corrected chi connectivity index (χ1v) is 21.7. The molecule has 0 saturated heterocycles. The normalized spacial score (nSPS) is 11.3. The van der Waals surface area contributed by atoms with Gasteiger partial charge in [-0.15, -0.1) is 54.1 Å². The van der Waals surface area contributed by atoms with Gasteiger partial charge < -0.3 is 14.4 Å². The molecule has 0 N–H and O–H groups in total. The van der Waals surface area contributed by atoms with Crippen LogP contribution in [0.4, 0.5) is 4.39 Å². The third-order valence-corrected chi connectivity index (χ3v) is 11.5. The average molecular weight is 903 g/mol. The Morgan fingerprint density at radius 1 is 0.704 bits per heavy atom. The van der Waals surface area contributed by atoms with Crippen LogP contribution in [0.25, 0.3) is 66.7 Å². The molecule has 5 aromatic carbocycles. The Morgan fingerprint density at radius 2 is 1.44 bits per heavy atom. The van der Waals surface area contributed by atoms with Crippen LogP contribution >= 0.6 is 0 Å². The third-order valence-electron chi connectivity index (χ3n) is 9.48. The molecule has 0 aliphatic rings. The van der Waals surface area contributed by atoms with Gasteiger partial charge in [0.25, 0.3) is 0 Å². The molecular weight excluding hydrogens is 860 g/mol. The monoisotopic (exact) mass is 903 g/mol. The fraction of sp³-hybridized carbons (Fsp3) is 0.167. The number of fused-ring (bicyclic) bond motifs is 3. The van der Waals surface area contributed by atoms with Crippen LogP contribution in [0.2, 0.25) is 19.6 Å². The Bertz CT molecular complexity index is 2520. The quantitative estimate of drug-likeness (QED) is 0.118. The second-order valence-corrected chi connectivity index (χ2v) is 20.0. The number of nitrogens with zero attached hydrogens (tertiary/aromatic N) is 2. The first kappa shape index (κ1) is 38.7. The van der Waals surface area contributed by atoms with E-state index in [-0.39, 0.29) is 25.9 Å². The molecule has 8 rings (SSSR count). The van der Waals surface area contributed by atoms with Crippen LogP contribution in [-0.2, 0) is 26.5 Å². The van der Waals surface area contributed by atoms with Crippen molar-refractivity contribution >= 4 is 35.2 Å². The van der Waals surface area contributed by atoms with Gasteiger partial charge in [0.15, 0.2) is 0 Å². The molecule has 54 heavy (non-hydrogen) atoms. The number of pyridine rings is 2. The SMILES string of the molecule is CC(C)Cc1cc(-c2[c-]cccc2)ncc1[Si](C)(C)C.Cc1cc(-c2[c-]ccc3c2oc2cc(-c4ccccc4F)ccc23)ncc1-c1ccccc1.[Ir]. The Balaban J connectivity index is 0.000000205. The molecule has 0 fully saturated rings. The fourth-order valence-corrected chi connectivity index (χ4v) is 8.48. The topological polar surface area (TPSA) is 38.9 Å². The largest absolute Gasteiger partial charge is 0.501 e. The minimum absolute atomic E-state index is 0. The summed E-state index contributed by atoms with van der Waals surface area (Å²) >= 11 is 0. The van der Waals surface area contributed by atoms with Gasteiger partial charge in [-0.2, -0.15) is 0 Å². The van der Waals surface area contributed by atoms with Crippen molar-refractivity contribution in [3.05, 3.63) is 163 Å². The van der Waals surface area contributed by atoms with Gasteiger partial charge >= 0.3 is 0 Å². The Morgan fingerprint density at radius 3 is 2.15 bits per heavy atom. The number of hydrogen-bond acceptors (Lipinski definition) is 3. The van der Waals surface area contributed by atoms with Crippen molar-refractivity contribution in [2.45, 2.75) is 46.8 Å². The van der Waals surface area contributed by atoms with E-state index in [2.05, 4.69) is 94.1 Å². The van der Waals surface area contributed by atoms with Gasteiger partial charge in [-0.05, 0) is 64.7 Å².